The maximum Gasteiger partial charge on any atom is 0.444 e. The molecule has 2 fully saturated rings. The van der Waals surface area contributed by atoms with Gasteiger partial charge in [0, 0.05) is 0 Å². The highest BCUT2D eigenvalue weighted by Gasteiger charge is 2.46. The van der Waals surface area contributed by atoms with Crippen LogP contribution in [0.25, 0.3) is 5.57 Å². The van der Waals surface area contributed by atoms with Gasteiger partial charge in [-0.1, -0.05) is 23.7 Å². The molecule has 7 heteroatoms. The predicted molar refractivity (Wildman–Crippen MR) is 78.3 cm³/mol. The topological polar surface area (TPSA) is 21.8 Å². The van der Waals surface area contributed by atoms with Gasteiger partial charge in [0.05, 0.1) is 17.6 Å². The Labute approximate surface area is 135 Å². The Hall–Kier alpha value is -0.910. The molecule has 0 radical (unpaired) electrons. The minimum absolute atomic E-state index is 0.0648. The lowest BCUT2D eigenvalue weighted by atomic mass is 9.99. The molecular weight excluding hydrogens is 340 g/mol. The average molecular weight is 353 g/mol. The standard InChI is InChI=1S/C15H13Cl2F3O2/c16-13(18)15(19,20)22-10-3-1-9(2-4-10)12(7-11-8-21-11)14(17)5-6-14/h1-4,7,11,13H,5-6,8H2. The molecule has 1 saturated heterocycles. The van der Waals surface area contributed by atoms with Gasteiger partial charge in [-0.05, 0) is 42.2 Å². The molecule has 2 nitrogen and oxygen atoms in total. The van der Waals surface area contributed by atoms with E-state index in [1.807, 2.05) is 6.08 Å². The minimum atomic E-state index is -4.08. The van der Waals surface area contributed by atoms with E-state index in [9.17, 15) is 13.2 Å². The quantitative estimate of drug-likeness (QED) is 0.544. The van der Waals surface area contributed by atoms with Crippen LogP contribution in [0.15, 0.2) is 30.3 Å². The van der Waals surface area contributed by atoms with Crippen LogP contribution in [-0.2, 0) is 4.74 Å². The van der Waals surface area contributed by atoms with Crippen molar-refractivity contribution in [3.05, 3.63) is 35.9 Å². The molecule has 2 atom stereocenters. The molecule has 1 saturated carbocycles. The first kappa shape index (κ1) is 16.0. The number of hydrogen-bond acceptors (Lipinski definition) is 2. The summed E-state index contributed by atoms with van der Waals surface area (Å²) in [6.07, 6.45) is -0.331. The molecule has 1 aromatic carbocycles. The number of allylic oxidation sites excluding steroid dienone is 1. The van der Waals surface area contributed by atoms with Gasteiger partial charge in [-0.2, -0.15) is 8.78 Å². The monoisotopic (exact) mass is 352 g/mol. The maximum absolute atomic E-state index is 13.1. The van der Waals surface area contributed by atoms with Crippen LogP contribution >= 0.6 is 23.2 Å². The van der Waals surface area contributed by atoms with E-state index >= 15 is 0 Å². The lowest BCUT2D eigenvalue weighted by Crippen LogP contribution is -2.32. The Morgan fingerprint density at radius 3 is 2.41 bits per heavy atom. The lowest BCUT2D eigenvalue weighted by Gasteiger charge is -2.18. The van der Waals surface area contributed by atoms with Crippen LogP contribution < -0.4 is 4.74 Å². The molecule has 0 bridgehead atoms. The van der Waals surface area contributed by atoms with Crippen molar-refractivity contribution in [3.63, 3.8) is 0 Å². The second-order valence-electron chi connectivity index (χ2n) is 5.41. The summed E-state index contributed by atoms with van der Waals surface area (Å²) in [6, 6.07) is 5.91. The molecule has 0 N–H and O–H groups in total. The van der Waals surface area contributed by atoms with Gasteiger partial charge < -0.3 is 9.47 Å². The summed E-state index contributed by atoms with van der Waals surface area (Å²) >= 11 is 11.2. The lowest BCUT2D eigenvalue weighted by molar-refractivity contribution is -0.199. The third kappa shape index (κ3) is 3.53. The summed E-state index contributed by atoms with van der Waals surface area (Å²) < 4.78 is 48.2. The molecule has 22 heavy (non-hydrogen) atoms. The molecule has 3 rings (SSSR count). The highest BCUT2D eigenvalue weighted by Crippen LogP contribution is 2.53. The van der Waals surface area contributed by atoms with Crippen LogP contribution in [0.1, 0.15) is 18.4 Å². The van der Waals surface area contributed by atoms with Crippen molar-refractivity contribution in [2.24, 2.45) is 0 Å². The second kappa shape index (κ2) is 5.62. The molecule has 1 aliphatic carbocycles. The maximum atomic E-state index is 13.1. The van der Waals surface area contributed by atoms with E-state index in [1.165, 1.54) is 12.1 Å². The summed E-state index contributed by atoms with van der Waals surface area (Å²) in [7, 11) is 0. The Bertz CT molecular complexity index is 579. The van der Waals surface area contributed by atoms with Gasteiger partial charge in [0.2, 0.25) is 0 Å². The number of epoxide rings is 1. The minimum Gasteiger partial charge on any atom is -0.429 e. The number of halogens is 5. The van der Waals surface area contributed by atoms with Crippen LogP contribution in [0, 0.1) is 0 Å². The zero-order valence-electron chi connectivity index (χ0n) is 11.4. The predicted octanol–water partition coefficient (Wildman–Crippen LogP) is 4.75. The molecule has 1 heterocycles. The first-order valence-corrected chi connectivity index (χ1v) is 7.60. The highest BCUT2D eigenvalue weighted by molar-refractivity contribution is 6.32. The van der Waals surface area contributed by atoms with E-state index in [-0.39, 0.29) is 11.9 Å². The van der Waals surface area contributed by atoms with Gasteiger partial charge in [0.1, 0.15) is 5.75 Å². The average Bonchev–Trinajstić information content (AvgIpc) is 3.35. The summed E-state index contributed by atoms with van der Waals surface area (Å²) in [5.74, 6) is -0.168. The molecule has 2 unspecified atom stereocenters. The molecule has 0 amide bonds. The molecular formula is C15H13Cl2F3O2. The van der Waals surface area contributed by atoms with E-state index in [1.54, 1.807) is 12.1 Å². The summed E-state index contributed by atoms with van der Waals surface area (Å²) in [5.41, 5.74) is -1.18. The largest absolute Gasteiger partial charge is 0.444 e. The van der Waals surface area contributed by atoms with E-state index < -0.39 is 16.6 Å². The van der Waals surface area contributed by atoms with Gasteiger partial charge >= 0.3 is 6.11 Å². The Balaban J connectivity index is 1.78. The van der Waals surface area contributed by atoms with Crippen LogP contribution in [0.5, 0.6) is 5.75 Å². The first-order valence-electron chi connectivity index (χ1n) is 6.78. The third-order valence-corrected chi connectivity index (χ3v) is 4.39. The van der Waals surface area contributed by atoms with Crippen LogP contribution in [0.3, 0.4) is 0 Å². The smallest absolute Gasteiger partial charge is 0.429 e. The normalized spacial score (nSPS) is 24.8. The molecule has 2 aliphatic rings. The highest BCUT2D eigenvalue weighted by atomic mass is 35.5. The number of alkyl halides is 5. The number of rotatable bonds is 6. The van der Waals surface area contributed by atoms with Crippen molar-refractivity contribution in [1.29, 1.82) is 0 Å². The molecule has 120 valence electrons. The SMILES string of the molecule is FC(Cl)C(F)(F)Oc1ccc(C(=CC2CO2)C2(Cl)CC2)cc1. The zero-order valence-corrected chi connectivity index (χ0v) is 12.9. The Morgan fingerprint density at radius 1 is 1.36 bits per heavy atom. The summed E-state index contributed by atoms with van der Waals surface area (Å²) in [4.78, 5) is -0.404. The Morgan fingerprint density at radius 2 is 1.95 bits per heavy atom. The van der Waals surface area contributed by atoms with Crippen molar-refractivity contribution < 1.29 is 22.6 Å². The van der Waals surface area contributed by atoms with Crippen LogP contribution in [0.2, 0.25) is 0 Å². The van der Waals surface area contributed by atoms with Gasteiger partial charge in [-0.3, -0.25) is 0 Å². The van der Waals surface area contributed by atoms with Gasteiger partial charge in [-0.25, -0.2) is 4.39 Å². The van der Waals surface area contributed by atoms with E-state index in [0.717, 1.165) is 24.0 Å². The summed E-state index contributed by atoms with van der Waals surface area (Å²) in [5, 5.41) is 0. The number of ether oxygens (including phenoxy) is 2. The number of hydrogen-bond donors (Lipinski definition) is 0. The fourth-order valence-corrected chi connectivity index (χ4v) is 2.44. The molecule has 0 spiro atoms. The van der Waals surface area contributed by atoms with Crippen LogP contribution in [-0.4, -0.2) is 29.3 Å². The fraction of sp³-hybridized carbons (Fsp3) is 0.467. The van der Waals surface area contributed by atoms with Crippen molar-refractivity contribution >= 4 is 28.8 Å². The summed E-state index contributed by atoms with van der Waals surface area (Å²) in [6.45, 7) is 0.664. The molecule has 0 aromatic heterocycles. The van der Waals surface area contributed by atoms with Gasteiger partial charge in [0.15, 0.2) is 0 Å². The van der Waals surface area contributed by atoms with Crippen molar-refractivity contribution in [1.82, 2.24) is 0 Å². The Kier molecular flexibility index (Phi) is 4.08. The number of benzene rings is 1. The third-order valence-electron chi connectivity index (χ3n) is 3.56. The van der Waals surface area contributed by atoms with Gasteiger partial charge in [-0.15, -0.1) is 11.6 Å². The first-order chi connectivity index (χ1) is 10.3. The van der Waals surface area contributed by atoms with Crippen molar-refractivity contribution in [2.75, 3.05) is 6.61 Å². The zero-order chi connectivity index (χ0) is 16.0. The fourth-order valence-electron chi connectivity index (χ4n) is 2.13. The van der Waals surface area contributed by atoms with Crippen molar-refractivity contribution in [2.45, 2.75) is 35.6 Å². The van der Waals surface area contributed by atoms with Gasteiger partial charge in [0.25, 0.3) is 5.63 Å². The molecule has 1 aliphatic heterocycles. The van der Waals surface area contributed by atoms with Crippen LogP contribution in [0.4, 0.5) is 13.2 Å². The second-order valence-corrected chi connectivity index (χ2v) is 6.51. The molecule has 1 aromatic rings. The van der Waals surface area contributed by atoms with Crippen molar-refractivity contribution in [3.8, 4) is 5.75 Å². The van der Waals surface area contributed by atoms with E-state index in [2.05, 4.69) is 4.74 Å². The van der Waals surface area contributed by atoms with E-state index in [4.69, 9.17) is 27.9 Å². The van der Waals surface area contributed by atoms with E-state index in [0.29, 0.717) is 6.61 Å².